The first-order valence-electron chi connectivity index (χ1n) is 6.54. The number of hydrogen-bond acceptors (Lipinski definition) is 3. The maximum Gasteiger partial charge on any atom is 0.124 e. The molecular formula is C14H21ClN4. The van der Waals surface area contributed by atoms with Crippen molar-refractivity contribution in [3.63, 3.8) is 0 Å². The fourth-order valence-electron chi connectivity index (χ4n) is 2.56. The van der Waals surface area contributed by atoms with Crippen LogP contribution >= 0.6 is 11.6 Å². The van der Waals surface area contributed by atoms with Crippen molar-refractivity contribution < 1.29 is 0 Å². The first-order chi connectivity index (χ1) is 8.99. The van der Waals surface area contributed by atoms with Gasteiger partial charge in [-0.1, -0.05) is 11.6 Å². The highest BCUT2D eigenvalue weighted by atomic mass is 35.5. The van der Waals surface area contributed by atoms with E-state index >= 15 is 0 Å². The van der Waals surface area contributed by atoms with Gasteiger partial charge in [-0.3, -0.25) is 5.41 Å². The zero-order valence-corrected chi connectivity index (χ0v) is 12.2. The number of benzene rings is 1. The molecule has 0 amide bonds. The zero-order valence-electron chi connectivity index (χ0n) is 11.5. The van der Waals surface area contributed by atoms with Crippen molar-refractivity contribution in [2.45, 2.75) is 18.9 Å². The molecule has 0 atom stereocenters. The van der Waals surface area contributed by atoms with Gasteiger partial charge in [0.1, 0.15) is 5.84 Å². The van der Waals surface area contributed by atoms with E-state index in [9.17, 15) is 0 Å². The molecule has 1 aliphatic heterocycles. The molecule has 0 aromatic heterocycles. The van der Waals surface area contributed by atoms with Crippen LogP contribution in [0.2, 0.25) is 5.02 Å². The number of nitrogens with zero attached hydrogens (tertiary/aromatic N) is 2. The van der Waals surface area contributed by atoms with Crippen LogP contribution in [0.3, 0.4) is 0 Å². The summed E-state index contributed by atoms with van der Waals surface area (Å²) in [7, 11) is 4.28. The largest absolute Gasteiger partial charge is 0.384 e. The summed E-state index contributed by atoms with van der Waals surface area (Å²) in [5.74, 6) is 0.0165. The Labute approximate surface area is 119 Å². The third-order valence-corrected chi connectivity index (χ3v) is 4.12. The number of nitrogens with two attached hydrogens (primary N) is 1. The molecule has 1 fully saturated rings. The van der Waals surface area contributed by atoms with E-state index in [1.54, 1.807) is 0 Å². The SMILES string of the molecule is CN(C)C1CCN(c2ccc(C(=N)N)c(Cl)c2)CC1. The van der Waals surface area contributed by atoms with Gasteiger partial charge in [0.15, 0.2) is 0 Å². The first-order valence-corrected chi connectivity index (χ1v) is 6.92. The highest BCUT2D eigenvalue weighted by molar-refractivity contribution is 6.34. The van der Waals surface area contributed by atoms with Crippen molar-refractivity contribution in [1.29, 1.82) is 5.41 Å². The number of piperidine rings is 1. The molecule has 1 aromatic rings. The van der Waals surface area contributed by atoms with E-state index in [2.05, 4.69) is 23.9 Å². The predicted molar refractivity (Wildman–Crippen MR) is 81.4 cm³/mol. The van der Waals surface area contributed by atoms with E-state index in [-0.39, 0.29) is 5.84 Å². The summed E-state index contributed by atoms with van der Waals surface area (Å²) in [5.41, 5.74) is 7.20. The third kappa shape index (κ3) is 3.19. The number of amidine groups is 1. The Morgan fingerprint density at radius 1 is 1.37 bits per heavy atom. The Hall–Kier alpha value is -1.26. The maximum absolute atomic E-state index is 7.44. The molecule has 4 nitrogen and oxygen atoms in total. The van der Waals surface area contributed by atoms with E-state index in [0.29, 0.717) is 16.6 Å². The van der Waals surface area contributed by atoms with Crippen LogP contribution in [-0.4, -0.2) is 44.0 Å². The van der Waals surface area contributed by atoms with Crippen LogP contribution in [-0.2, 0) is 0 Å². The fraction of sp³-hybridized carbons (Fsp3) is 0.500. The van der Waals surface area contributed by atoms with Gasteiger partial charge >= 0.3 is 0 Å². The van der Waals surface area contributed by atoms with Gasteiger partial charge in [0.25, 0.3) is 0 Å². The van der Waals surface area contributed by atoms with E-state index in [4.69, 9.17) is 22.7 Å². The van der Waals surface area contributed by atoms with Gasteiger partial charge in [-0.05, 0) is 45.1 Å². The zero-order chi connectivity index (χ0) is 14.0. The van der Waals surface area contributed by atoms with E-state index in [1.165, 1.54) is 12.8 Å². The van der Waals surface area contributed by atoms with Crippen LogP contribution in [0.15, 0.2) is 18.2 Å². The Balaban J connectivity index is 2.08. The van der Waals surface area contributed by atoms with Gasteiger partial charge in [-0.15, -0.1) is 0 Å². The molecule has 3 N–H and O–H groups in total. The number of halogens is 1. The number of anilines is 1. The van der Waals surface area contributed by atoms with Crippen LogP contribution in [0.5, 0.6) is 0 Å². The lowest BCUT2D eigenvalue weighted by Crippen LogP contribution is -2.42. The minimum atomic E-state index is 0.0165. The monoisotopic (exact) mass is 280 g/mol. The molecule has 5 heteroatoms. The highest BCUT2D eigenvalue weighted by Crippen LogP contribution is 2.26. The molecule has 0 spiro atoms. The second-order valence-electron chi connectivity index (χ2n) is 5.26. The first kappa shape index (κ1) is 14.2. The van der Waals surface area contributed by atoms with Gasteiger partial charge in [-0.25, -0.2) is 0 Å². The van der Waals surface area contributed by atoms with E-state index in [1.807, 2.05) is 18.2 Å². The lowest BCUT2D eigenvalue weighted by atomic mass is 10.0. The van der Waals surface area contributed by atoms with E-state index < -0.39 is 0 Å². The maximum atomic E-state index is 7.44. The summed E-state index contributed by atoms with van der Waals surface area (Å²) >= 11 is 6.17. The minimum Gasteiger partial charge on any atom is -0.384 e. The molecule has 2 rings (SSSR count). The molecule has 0 aliphatic carbocycles. The van der Waals surface area contributed by atoms with Crippen molar-refractivity contribution >= 4 is 23.1 Å². The lowest BCUT2D eigenvalue weighted by molar-refractivity contribution is 0.249. The molecule has 0 radical (unpaired) electrons. The van der Waals surface area contributed by atoms with Crippen LogP contribution in [0.1, 0.15) is 18.4 Å². The van der Waals surface area contributed by atoms with Crippen LogP contribution in [0.4, 0.5) is 5.69 Å². The molecule has 0 saturated carbocycles. The number of hydrogen-bond donors (Lipinski definition) is 2. The summed E-state index contributed by atoms with van der Waals surface area (Å²) < 4.78 is 0. The number of nitrogen functional groups attached to an aromatic ring is 1. The molecule has 0 unspecified atom stereocenters. The fourth-order valence-corrected chi connectivity index (χ4v) is 2.84. The van der Waals surface area contributed by atoms with Crippen molar-refractivity contribution in [3.8, 4) is 0 Å². The van der Waals surface area contributed by atoms with Gasteiger partial charge in [0, 0.05) is 30.4 Å². The average molecular weight is 281 g/mol. The molecule has 1 aromatic carbocycles. The minimum absolute atomic E-state index is 0.0165. The Bertz CT molecular complexity index is 465. The molecular weight excluding hydrogens is 260 g/mol. The molecule has 0 bridgehead atoms. The van der Waals surface area contributed by atoms with Crippen molar-refractivity contribution in [3.05, 3.63) is 28.8 Å². The van der Waals surface area contributed by atoms with Crippen molar-refractivity contribution in [2.75, 3.05) is 32.1 Å². The third-order valence-electron chi connectivity index (χ3n) is 3.80. The number of rotatable bonds is 3. The Kier molecular flexibility index (Phi) is 4.32. The summed E-state index contributed by atoms with van der Waals surface area (Å²) in [5, 5.41) is 7.99. The standard InChI is InChI=1S/C14H21ClN4/c1-18(2)10-5-7-19(8-6-10)11-3-4-12(14(16)17)13(15)9-11/h3-4,9-10H,5-8H2,1-2H3,(H3,16,17). The van der Waals surface area contributed by atoms with Gasteiger partial charge in [-0.2, -0.15) is 0 Å². The van der Waals surface area contributed by atoms with Gasteiger partial charge in [0.05, 0.1) is 5.02 Å². The summed E-state index contributed by atoms with van der Waals surface area (Å²) in [6.45, 7) is 2.08. The van der Waals surface area contributed by atoms with E-state index in [0.717, 1.165) is 18.8 Å². The Morgan fingerprint density at radius 3 is 2.47 bits per heavy atom. The second-order valence-corrected chi connectivity index (χ2v) is 5.67. The molecule has 19 heavy (non-hydrogen) atoms. The van der Waals surface area contributed by atoms with Crippen molar-refractivity contribution in [2.24, 2.45) is 5.73 Å². The molecule has 1 heterocycles. The number of nitrogens with one attached hydrogen (secondary N) is 1. The molecule has 1 saturated heterocycles. The quantitative estimate of drug-likeness (QED) is 0.659. The summed E-state index contributed by atoms with van der Waals surface area (Å²) in [6.07, 6.45) is 2.33. The van der Waals surface area contributed by atoms with Crippen molar-refractivity contribution in [1.82, 2.24) is 4.90 Å². The van der Waals surface area contributed by atoms with Crippen LogP contribution in [0, 0.1) is 5.41 Å². The predicted octanol–water partition coefficient (Wildman–Crippen LogP) is 2.15. The van der Waals surface area contributed by atoms with Crippen LogP contribution < -0.4 is 10.6 Å². The summed E-state index contributed by atoms with van der Waals surface area (Å²) in [6, 6.07) is 6.41. The topological polar surface area (TPSA) is 56.4 Å². The smallest absolute Gasteiger partial charge is 0.124 e. The Morgan fingerprint density at radius 2 is 2.00 bits per heavy atom. The normalized spacial score (nSPS) is 16.9. The molecule has 104 valence electrons. The average Bonchev–Trinajstić information content (AvgIpc) is 2.38. The lowest BCUT2D eigenvalue weighted by Gasteiger charge is -2.36. The molecule has 1 aliphatic rings. The van der Waals surface area contributed by atoms with Crippen LogP contribution in [0.25, 0.3) is 0 Å². The summed E-state index contributed by atoms with van der Waals surface area (Å²) in [4.78, 5) is 4.64. The van der Waals surface area contributed by atoms with Gasteiger partial charge < -0.3 is 15.5 Å². The highest BCUT2D eigenvalue weighted by Gasteiger charge is 2.21. The second kappa shape index (κ2) is 5.80. The van der Waals surface area contributed by atoms with Gasteiger partial charge in [0.2, 0.25) is 0 Å².